The second-order valence-electron chi connectivity index (χ2n) is 9.02. The van der Waals surface area contributed by atoms with E-state index >= 15 is 0 Å². The van der Waals surface area contributed by atoms with E-state index in [1.54, 1.807) is 0 Å². The van der Waals surface area contributed by atoms with Crippen LogP contribution >= 0.6 is 0 Å². The highest BCUT2D eigenvalue weighted by Gasteiger charge is 2.14. The van der Waals surface area contributed by atoms with Crippen molar-refractivity contribution in [3.63, 3.8) is 0 Å². The topological polar surface area (TPSA) is 54.3 Å². The first-order valence-electron chi connectivity index (χ1n) is 12.1. The molecule has 0 aliphatic heterocycles. The molecule has 0 radical (unpaired) electrons. The quantitative estimate of drug-likeness (QED) is 0.204. The molecule has 0 saturated heterocycles. The Kier molecular flexibility index (Phi) is 5.03. The summed E-state index contributed by atoms with van der Waals surface area (Å²) in [5.41, 5.74) is 7.73. The molecular weight excluding hydrogens is 458 g/mol. The van der Waals surface area contributed by atoms with E-state index in [1.165, 1.54) is 21.8 Å². The summed E-state index contributed by atoms with van der Waals surface area (Å²) in [7, 11) is 0. The third-order valence-corrected chi connectivity index (χ3v) is 6.97. The molecule has 0 bridgehead atoms. The first-order valence-corrected chi connectivity index (χ1v) is 12.1. The Morgan fingerprint density at radius 1 is 0.568 bits per heavy atom. The Hall–Kier alpha value is -4.84. The van der Waals surface area contributed by atoms with Crippen LogP contribution in [0.5, 0.6) is 5.75 Å². The summed E-state index contributed by atoms with van der Waals surface area (Å²) >= 11 is 0. The molecule has 2 aromatic heterocycles. The zero-order chi connectivity index (χ0) is 24.8. The second kappa shape index (κ2) is 8.68. The van der Waals surface area contributed by atoms with Crippen molar-refractivity contribution in [1.29, 1.82) is 0 Å². The van der Waals surface area contributed by atoms with Gasteiger partial charge in [-0.3, -0.25) is 0 Å². The maximum Gasteiger partial charge on any atom is 0.175 e. The highest BCUT2D eigenvalue weighted by Crippen LogP contribution is 2.35. The summed E-state index contributed by atoms with van der Waals surface area (Å²) in [6, 6.07) is 42.0. The molecule has 0 saturated carbocycles. The molecule has 0 atom stereocenters. The molecule has 0 aliphatic carbocycles. The highest BCUT2D eigenvalue weighted by atomic mass is 17.3. The largest absolute Gasteiger partial charge is 0.319 e. The Balaban J connectivity index is 1.37. The minimum Gasteiger partial charge on any atom is -0.319 e. The van der Waals surface area contributed by atoms with Crippen LogP contribution in [-0.4, -0.2) is 9.13 Å². The molecular formula is C32H23N3O2. The zero-order valence-corrected chi connectivity index (χ0v) is 19.9. The van der Waals surface area contributed by atoms with E-state index in [2.05, 4.69) is 117 Å². The van der Waals surface area contributed by atoms with Gasteiger partial charge in [-0.1, -0.05) is 65.7 Å². The van der Waals surface area contributed by atoms with Gasteiger partial charge in [0, 0.05) is 39.3 Å². The van der Waals surface area contributed by atoms with Crippen LogP contribution in [0.15, 0.2) is 128 Å². The molecule has 0 spiro atoms. The molecule has 7 aromatic rings. The van der Waals surface area contributed by atoms with Crippen molar-refractivity contribution in [1.82, 2.24) is 9.13 Å². The van der Waals surface area contributed by atoms with Crippen molar-refractivity contribution >= 4 is 32.7 Å². The Bertz CT molecular complexity index is 1900. The molecule has 5 nitrogen and oxygen atoms in total. The molecule has 5 aromatic carbocycles. The maximum absolute atomic E-state index is 5.16. The van der Waals surface area contributed by atoms with E-state index in [0.29, 0.717) is 5.75 Å². The second-order valence-corrected chi connectivity index (χ2v) is 9.02. The van der Waals surface area contributed by atoms with Gasteiger partial charge in [0.05, 0.1) is 16.6 Å². The molecule has 2 heterocycles. The summed E-state index contributed by atoms with van der Waals surface area (Å²) < 4.78 is 4.57. The SMILES string of the molecule is NOOc1ccccc1-c1ccc2c(ccn2-c2ccc3c(c2)c2ccccc2n3-c2ccccc2)c1. The van der Waals surface area contributed by atoms with E-state index in [4.69, 9.17) is 10.8 Å². The summed E-state index contributed by atoms with van der Waals surface area (Å²) in [4.78, 5) is 9.59. The highest BCUT2D eigenvalue weighted by molar-refractivity contribution is 6.10. The van der Waals surface area contributed by atoms with Crippen LogP contribution in [0.25, 0.3) is 55.2 Å². The van der Waals surface area contributed by atoms with Crippen molar-refractivity contribution in [2.24, 2.45) is 5.90 Å². The minimum absolute atomic E-state index is 0.573. The smallest absolute Gasteiger partial charge is 0.175 e. The van der Waals surface area contributed by atoms with Crippen LogP contribution in [-0.2, 0) is 4.99 Å². The molecule has 7 rings (SSSR count). The molecule has 0 aliphatic rings. The van der Waals surface area contributed by atoms with Gasteiger partial charge in [-0.05, 0) is 66.2 Å². The average molecular weight is 482 g/mol. The van der Waals surface area contributed by atoms with Gasteiger partial charge in [-0.25, -0.2) is 0 Å². The first kappa shape index (κ1) is 21.4. The van der Waals surface area contributed by atoms with E-state index < -0.39 is 0 Å². The summed E-state index contributed by atoms with van der Waals surface area (Å²) in [5, 5.41) is 3.59. The fraction of sp³-hybridized carbons (Fsp3) is 0. The van der Waals surface area contributed by atoms with Crippen LogP contribution in [0.2, 0.25) is 0 Å². The maximum atomic E-state index is 5.16. The first-order chi connectivity index (χ1) is 18.3. The molecule has 37 heavy (non-hydrogen) atoms. The number of hydrogen-bond donors (Lipinski definition) is 1. The molecule has 178 valence electrons. The number of rotatable bonds is 5. The lowest BCUT2D eigenvalue weighted by molar-refractivity contribution is -0.211. The number of benzene rings is 5. The number of fused-ring (bicyclic) bond motifs is 4. The number of aromatic nitrogens is 2. The van der Waals surface area contributed by atoms with Gasteiger partial charge < -0.3 is 14.0 Å². The standard InChI is InChI=1S/C32H23N3O2/c33-37-36-32-13-7-5-10-26(32)22-14-16-29-23(20-22)18-19-34(29)25-15-17-31-28(21-25)27-11-4-6-12-30(27)35(31)24-8-2-1-3-9-24/h1-21H,33H2. The molecule has 0 amide bonds. The summed E-state index contributed by atoms with van der Waals surface area (Å²) in [5.74, 6) is 5.72. The third-order valence-electron chi connectivity index (χ3n) is 6.97. The lowest BCUT2D eigenvalue weighted by Gasteiger charge is -2.10. The van der Waals surface area contributed by atoms with Gasteiger partial charge in [-0.2, -0.15) is 5.90 Å². The van der Waals surface area contributed by atoms with Crippen molar-refractivity contribution < 1.29 is 9.88 Å². The predicted molar refractivity (Wildman–Crippen MR) is 149 cm³/mol. The lowest BCUT2D eigenvalue weighted by atomic mass is 10.0. The third kappa shape index (κ3) is 3.49. The predicted octanol–water partition coefficient (Wildman–Crippen LogP) is 7.58. The van der Waals surface area contributed by atoms with Crippen molar-refractivity contribution in [2.45, 2.75) is 0 Å². The van der Waals surface area contributed by atoms with Crippen LogP contribution in [0.1, 0.15) is 0 Å². The van der Waals surface area contributed by atoms with E-state index in [-0.39, 0.29) is 0 Å². The zero-order valence-electron chi connectivity index (χ0n) is 19.9. The lowest BCUT2D eigenvalue weighted by Crippen LogP contribution is -2.04. The van der Waals surface area contributed by atoms with Gasteiger partial charge >= 0.3 is 0 Å². The van der Waals surface area contributed by atoms with Gasteiger partial charge in [0.2, 0.25) is 0 Å². The van der Waals surface area contributed by atoms with Crippen LogP contribution in [0, 0.1) is 0 Å². The van der Waals surface area contributed by atoms with E-state index in [0.717, 1.165) is 33.4 Å². The fourth-order valence-electron chi connectivity index (χ4n) is 5.33. The van der Waals surface area contributed by atoms with Crippen molar-refractivity contribution in [3.05, 3.63) is 128 Å². The van der Waals surface area contributed by atoms with Gasteiger partial charge in [0.1, 0.15) is 0 Å². The van der Waals surface area contributed by atoms with Crippen LogP contribution in [0.3, 0.4) is 0 Å². The van der Waals surface area contributed by atoms with E-state index in [9.17, 15) is 0 Å². The fourth-order valence-corrected chi connectivity index (χ4v) is 5.33. The molecule has 0 fully saturated rings. The van der Waals surface area contributed by atoms with Gasteiger partial charge in [0.25, 0.3) is 0 Å². The summed E-state index contributed by atoms with van der Waals surface area (Å²) in [6.45, 7) is 0. The summed E-state index contributed by atoms with van der Waals surface area (Å²) in [6.07, 6.45) is 2.12. The number of nitrogens with zero attached hydrogens (tertiary/aromatic N) is 2. The van der Waals surface area contributed by atoms with Crippen molar-refractivity contribution in [3.8, 4) is 28.3 Å². The number of nitrogens with two attached hydrogens (primary N) is 1. The van der Waals surface area contributed by atoms with Crippen LogP contribution < -0.4 is 10.8 Å². The average Bonchev–Trinajstić information content (AvgIpc) is 3.52. The van der Waals surface area contributed by atoms with Crippen LogP contribution in [0.4, 0.5) is 0 Å². The number of hydrogen-bond acceptors (Lipinski definition) is 3. The molecule has 2 N–H and O–H groups in total. The molecule has 5 heteroatoms. The monoisotopic (exact) mass is 481 g/mol. The molecule has 0 unspecified atom stereocenters. The Morgan fingerprint density at radius 2 is 1.32 bits per heavy atom. The van der Waals surface area contributed by atoms with Gasteiger partial charge in [-0.15, -0.1) is 0 Å². The minimum atomic E-state index is 0.573. The van der Waals surface area contributed by atoms with Gasteiger partial charge in [0.15, 0.2) is 5.75 Å². The Morgan fingerprint density at radius 3 is 2.22 bits per heavy atom. The Labute approximate surface area is 213 Å². The number of para-hydroxylation sites is 3. The van der Waals surface area contributed by atoms with E-state index in [1.807, 2.05) is 24.3 Å². The van der Waals surface area contributed by atoms with Crippen molar-refractivity contribution in [2.75, 3.05) is 0 Å². The normalized spacial score (nSPS) is 11.5.